The van der Waals surface area contributed by atoms with Crippen molar-refractivity contribution in [2.45, 2.75) is 25.3 Å². The van der Waals surface area contributed by atoms with Crippen LogP contribution in [0, 0.1) is 5.82 Å². The molecule has 2 N–H and O–H groups in total. The molecular formula is C17H20FNO. The number of ether oxygens (including phenoxy) is 1. The zero-order valence-electron chi connectivity index (χ0n) is 11.8. The molecule has 0 saturated heterocycles. The second-order valence-electron chi connectivity index (χ2n) is 4.85. The first-order valence-corrected chi connectivity index (χ1v) is 6.81. The third-order valence-electron chi connectivity index (χ3n) is 3.66. The highest BCUT2D eigenvalue weighted by atomic mass is 19.1. The first-order valence-electron chi connectivity index (χ1n) is 6.81. The van der Waals surface area contributed by atoms with Crippen molar-refractivity contribution in [3.8, 4) is 5.75 Å². The lowest BCUT2D eigenvalue weighted by Crippen LogP contribution is -2.19. The van der Waals surface area contributed by atoms with Crippen LogP contribution in [0.1, 0.15) is 36.4 Å². The summed E-state index contributed by atoms with van der Waals surface area (Å²) in [5.74, 6) is 0.0427. The molecule has 0 radical (unpaired) electrons. The molecule has 2 rings (SSSR count). The van der Waals surface area contributed by atoms with Gasteiger partial charge in [-0.15, -0.1) is 0 Å². The van der Waals surface area contributed by atoms with Gasteiger partial charge in [-0.25, -0.2) is 4.39 Å². The first-order chi connectivity index (χ1) is 9.67. The molecular weight excluding hydrogens is 253 g/mol. The van der Waals surface area contributed by atoms with Crippen LogP contribution in [0.2, 0.25) is 0 Å². The van der Waals surface area contributed by atoms with Crippen molar-refractivity contribution in [2.24, 2.45) is 5.73 Å². The smallest absolute Gasteiger partial charge is 0.165 e. The van der Waals surface area contributed by atoms with E-state index in [1.54, 1.807) is 6.07 Å². The average Bonchev–Trinajstić information content (AvgIpc) is 2.49. The molecule has 20 heavy (non-hydrogen) atoms. The summed E-state index contributed by atoms with van der Waals surface area (Å²) in [7, 11) is 1.46. The largest absolute Gasteiger partial charge is 0.494 e. The fourth-order valence-electron chi connectivity index (χ4n) is 2.52. The minimum Gasteiger partial charge on any atom is -0.494 e. The van der Waals surface area contributed by atoms with Gasteiger partial charge < -0.3 is 10.5 Å². The van der Waals surface area contributed by atoms with Crippen molar-refractivity contribution in [2.75, 3.05) is 7.11 Å². The number of rotatable bonds is 5. The molecule has 0 saturated carbocycles. The number of hydrogen-bond donors (Lipinski definition) is 1. The van der Waals surface area contributed by atoms with Crippen molar-refractivity contribution in [3.63, 3.8) is 0 Å². The Morgan fingerprint density at radius 2 is 1.80 bits per heavy atom. The Morgan fingerprint density at radius 3 is 2.35 bits per heavy atom. The summed E-state index contributed by atoms with van der Waals surface area (Å²) in [6, 6.07) is 14.8. The van der Waals surface area contributed by atoms with Crippen molar-refractivity contribution < 1.29 is 9.13 Å². The third-order valence-corrected chi connectivity index (χ3v) is 3.66. The molecule has 0 aliphatic heterocycles. The van der Waals surface area contributed by atoms with Crippen LogP contribution in [0.15, 0.2) is 48.5 Å². The number of hydrogen-bond acceptors (Lipinski definition) is 2. The molecule has 0 aliphatic rings. The maximum absolute atomic E-state index is 13.8. The van der Waals surface area contributed by atoms with Crippen LogP contribution in [0.5, 0.6) is 5.75 Å². The SMILES string of the molecule is CCC(c1ccccc1)C(N)c1ccc(OC)c(F)c1. The summed E-state index contributed by atoms with van der Waals surface area (Å²) >= 11 is 0. The van der Waals surface area contributed by atoms with E-state index in [0.717, 1.165) is 12.0 Å². The van der Waals surface area contributed by atoms with E-state index in [9.17, 15) is 4.39 Å². The van der Waals surface area contributed by atoms with Gasteiger partial charge in [-0.1, -0.05) is 43.3 Å². The zero-order chi connectivity index (χ0) is 14.5. The summed E-state index contributed by atoms with van der Waals surface area (Å²) in [6.45, 7) is 2.09. The Bertz CT molecular complexity index is 556. The van der Waals surface area contributed by atoms with E-state index in [4.69, 9.17) is 10.5 Å². The van der Waals surface area contributed by atoms with Crippen molar-refractivity contribution in [1.82, 2.24) is 0 Å². The van der Waals surface area contributed by atoms with Gasteiger partial charge >= 0.3 is 0 Å². The summed E-state index contributed by atoms with van der Waals surface area (Å²) in [5.41, 5.74) is 8.30. The Morgan fingerprint density at radius 1 is 1.10 bits per heavy atom. The molecule has 0 aromatic heterocycles. The van der Waals surface area contributed by atoms with Crippen molar-refractivity contribution >= 4 is 0 Å². The normalized spacial score (nSPS) is 13.8. The third kappa shape index (κ3) is 2.99. The van der Waals surface area contributed by atoms with Crippen LogP contribution in [0.3, 0.4) is 0 Å². The highest BCUT2D eigenvalue weighted by molar-refractivity contribution is 5.33. The fraction of sp³-hybridized carbons (Fsp3) is 0.294. The van der Waals surface area contributed by atoms with E-state index in [-0.39, 0.29) is 23.5 Å². The standard InChI is InChI=1S/C17H20FNO/c1-3-14(12-7-5-4-6-8-12)17(19)13-9-10-16(20-2)15(18)11-13/h4-11,14,17H,3,19H2,1-2H3. The van der Waals surface area contributed by atoms with E-state index in [1.165, 1.54) is 18.7 Å². The minimum absolute atomic E-state index is 0.170. The summed E-state index contributed by atoms with van der Waals surface area (Å²) in [4.78, 5) is 0. The Labute approximate surface area is 119 Å². The lowest BCUT2D eigenvalue weighted by atomic mass is 9.86. The van der Waals surface area contributed by atoms with Gasteiger partial charge in [0.1, 0.15) is 0 Å². The molecule has 0 spiro atoms. The van der Waals surface area contributed by atoms with Crippen molar-refractivity contribution in [3.05, 3.63) is 65.5 Å². The van der Waals surface area contributed by atoms with Crippen LogP contribution >= 0.6 is 0 Å². The lowest BCUT2D eigenvalue weighted by Gasteiger charge is -2.24. The zero-order valence-corrected chi connectivity index (χ0v) is 11.8. The van der Waals surface area contributed by atoms with E-state index >= 15 is 0 Å². The van der Waals surface area contributed by atoms with Gasteiger partial charge in [0, 0.05) is 12.0 Å². The van der Waals surface area contributed by atoms with Gasteiger partial charge in [-0.3, -0.25) is 0 Å². The Balaban J connectivity index is 2.29. The monoisotopic (exact) mass is 273 g/mol. The molecule has 0 amide bonds. The maximum atomic E-state index is 13.8. The second-order valence-corrected chi connectivity index (χ2v) is 4.85. The van der Waals surface area contributed by atoms with Crippen molar-refractivity contribution in [1.29, 1.82) is 0 Å². The Hall–Kier alpha value is -1.87. The molecule has 0 fully saturated rings. The predicted octanol–water partition coefficient (Wildman–Crippen LogP) is 4.03. The molecule has 106 valence electrons. The van der Waals surface area contributed by atoms with Gasteiger partial charge in [0.25, 0.3) is 0 Å². The number of nitrogens with two attached hydrogens (primary N) is 1. The molecule has 2 atom stereocenters. The fourth-order valence-corrected chi connectivity index (χ4v) is 2.52. The first kappa shape index (κ1) is 14.5. The summed E-state index contributed by atoms with van der Waals surface area (Å²) in [6.07, 6.45) is 0.902. The number of halogens is 1. The van der Waals surface area contributed by atoms with E-state index < -0.39 is 0 Å². The van der Waals surface area contributed by atoms with Crippen LogP contribution in [0.25, 0.3) is 0 Å². The molecule has 0 bridgehead atoms. The van der Waals surface area contributed by atoms with Gasteiger partial charge in [-0.2, -0.15) is 0 Å². The number of methoxy groups -OCH3 is 1. The van der Waals surface area contributed by atoms with Gasteiger partial charge in [-0.05, 0) is 29.7 Å². The molecule has 2 aromatic rings. The molecule has 3 heteroatoms. The van der Waals surface area contributed by atoms with Gasteiger partial charge in [0.15, 0.2) is 11.6 Å². The minimum atomic E-state index is -0.372. The van der Waals surface area contributed by atoms with Crippen LogP contribution in [-0.2, 0) is 0 Å². The van der Waals surface area contributed by atoms with Crippen LogP contribution < -0.4 is 10.5 Å². The topological polar surface area (TPSA) is 35.2 Å². The van der Waals surface area contributed by atoms with Gasteiger partial charge in [0.05, 0.1) is 7.11 Å². The highest BCUT2D eigenvalue weighted by Gasteiger charge is 2.20. The quantitative estimate of drug-likeness (QED) is 0.892. The summed E-state index contributed by atoms with van der Waals surface area (Å²) < 4.78 is 18.7. The molecule has 2 unspecified atom stereocenters. The second kappa shape index (κ2) is 6.53. The molecule has 2 nitrogen and oxygen atoms in total. The summed E-state index contributed by atoms with van der Waals surface area (Å²) in [5, 5.41) is 0. The van der Waals surface area contributed by atoms with Gasteiger partial charge in [0.2, 0.25) is 0 Å². The van der Waals surface area contributed by atoms with Crippen LogP contribution in [-0.4, -0.2) is 7.11 Å². The maximum Gasteiger partial charge on any atom is 0.165 e. The average molecular weight is 273 g/mol. The van der Waals surface area contributed by atoms with E-state index in [1.807, 2.05) is 24.3 Å². The highest BCUT2D eigenvalue weighted by Crippen LogP contribution is 2.33. The molecule has 2 aromatic carbocycles. The van der Waals surface area contributed by atoms with E-state index in [0.29, 0.717) is 0 Å². The number of benzene rings is 2. The van der Waals surface area contributed by atoms with E-state index in [2.05, 4.69) is 19.1 Å². The lowest BCUT2D eigenvalue weighted by molar-refractivity contribution is 0.385. The Kier molecular flexibility index (Phi) is 4.74. The predicted molar refractivity (Wildman–Crippen MR) is 79.4 cm³/mol. The molecule has 0 heterocycles. The molecule has 0 aliphatic carbocycles. The van der Waals surface area contributed by atoms with Crippen LogP contribution in [0.4, 0.5) is 4.39 Å².